The van der Waals surface area contributed by atoms with Crippen LogP contribution in [0.25, 0.3) is 0 Å². The molecule has 5 heteroatoms. The van der Waals surface area contributed by atoms with E-state index in [2.05, 4.69) is 24.3 Å². The summed E-state index contributed by atoms with van der Waals surface area (Å²) in [7, 11) is 3.35. The maximum Gasteiger partial charge on any atom is 0.141 e. The molecule has 0 saturated heterocycles. The van der Waals surface area contributed by atoms with Gasteiger partial charge in [0.1, 0.15) is 5.75 Å². The minimum absolute atomic E-state index is 0.0253. The Morgan fingerprint density at radius 3 is 2.72 bits per heavy atom. The van der Waals surface area contributed by atoms with Crippen molar-refractivity contribution in [2.24, 2.45) is 5.84 Å². The number of pyridine rings is 1. The zero-order chi connectivity index (χ0) is 13.6. The quantitative estimate of drug-likeness (QED) is 0.573. The zero-order valence-corrected chi connectivity index (χ0v) is 11.6. The molecular weight excluding hydrogens is 230 g/mol. The standard InChI is InChI=1S/C13H23N3O2/c1-13(2,18-4)7-5-11(16-14)10-6-8-15-9-12(10)17-3/h6,8-9,11,16H,5,7,14H2,1-4H3. The van der Waals surface area contributed by atoms with Crippen LogP contribution < -0.4 is 16.0 Å². The number of hydrogen-bond acceptors (Lipinski definition) is 5. The number of aromatic nitrogens is 1. The number of nitrogens with one attached hydrogen (secondary N) is 1. The molecule has 18 heavy (non-hydrogen) atoms. The number of nitrogens with two attached hydrogens (primary N) is 1. The number of ether oxygens (including phenoxy) is 2. The van der Waals surface area contributed by atoms with Gasteiger partial charge >= 0.3 is 0 Å². The molecule has 1 heterocycles. The lowest BCUT2D eigenvalue weighted by Gasteiger charge is -2.26. The SMILES string of the molecule is COc1cnccc1C(CCC(C)(C)OC)NN. The Labute approximate surface area is 109 Å². The summed E-state index contributed by atoms with van der Waals surface area (Å²) in [4.78, 5) is 4.04. The van der Waals surface area contributed by atoms with Crippen molar-refractivity contribution in [3.8, 4) is 5.75 Å². The maximum atomic E-state index is 5.63. The van der Waals surface area contributed by atoms with Crippen LogP contribution in [0.15, 0.2) is 18.5 Å². The van der Waals surface area contributed by atoms with Crippen molar-refractivity contribution < 1.29 is 9.47 Å². The van der Waals surface area contributed by atoms with E-state index in [0.29, 0.717) is 0 Å². The Kier molecular flexibility index (Phi) is 5.53. The van der Waals surface area contributed by atoms with E-state index in [1.165, 1.54) is 0 Å². The van der Waals surface area contributed by atoms with Crippen LogP contribution in [-0.4, -0.2) is 24.8 Å². The average Bonchev–Trinajstić information content (AvgIpc) is 2.40. The molecule has 1 unspecified atom stereocenters. The highest BCUT2D eigenvalue weighted by Crippen LogP contribution is 2.29. The maximum absolute atomic E-state index is 5.63. The molecule has 0 radical (unpaired) electrons. The minimum atomic E-state index is -0.157. The van der Waals surface area contributed by atoms with Crippen molar-refractivity contribution in [1.82, 2.24) is 10.4 Å². The molecule has 0 saturated carbocycles. The molecule has 1 atom stereocenters. The van der Waals surface area contributed by atoms with Crippen LogP contribution >= 0.6 is 0 Å². The van der Waals surface area contributed by atoms with Crippen LogP contribution in [0.5, 0.6) is 5.75 Å². The van der Waals surface area contributed by atoms with Gasteiger partial charge in [0.25, 0.3) is 0 Å². The van der Waals surface area contributed by atoms with Crippen molar-refractivity contribution in [3.05, 3.63) is 24.0 Å². The van der Waals surface area contributed by atoms with Crippen molar-refractivity contribution in [1.29, 1.82) is 0 Å². The molecule has 1 aromatic rings. The first kappa shape index (κ1) is 14.9. The largest absolute Gasteiger partial charge is 0.495 e. The minimum Gasteiger partial charge on any atom is -0.495 e. The normalized spacial score (nSPS) is 13.4. The van der Waals surface area contributed by atoms with E-state index in [1.54, 1.807) is 26.6 Å². The smallest absolute Gasteiger partial charge is 0.141 e. The predicted molar refractivity (Wildman–Crippen MR) is 71.2 cm³/mol. The van der Waals surface area contributed by atoms with Crippen molar-refractivity contribution in [2.45, 2.75) is 38.3 Å². The van der Waals surface area contributed by atoms with Crippen LogP contribution in [0.4, 0.5) is 0 Å². The molecule has 0 fully saturated rings. The van der Waals surface area contributed by atoms with Gasteiger partial charge in [-0.05, 0) is 32.8 Å². The lowest BCUT2D eigenvalue weighted by molar-refractivity contribution is 0.0116. The molecule has 3 N–H and O–H groups in total. The summed E-state index contributed by atoms with van der Waals surface area (Å²) in [5, 5.41) is 0. The molecule has 0 aliphatic rings. The fourth-order valence-electron chi connectivity index (χ4n) is 1.77. The van der Waals surface area contributed by atoms with Crippen LogP contribution in [0.2, 0.25) is 0 Å². The van der Waals surface area contributed by atoms with Gasteiger partial charge in [0.05, 0.1) is 18.9 Å². The number of nitrogens with zero attached hydrogens (tertiary/aromatic N) is 1. The molecule has 5 nitrogen and oxygen atoms in total. The molecule has 0 aliphatic heterocycles. The first-order valence-electron chi connectivity index (χ1n) is 6.03. The third-order valence-electron chi connectivity index (χ3n) is 3.20. The Balaban J connectivity index is 2.77. The summed E-state index contributed by atoms with van der Waals surface area (Å²) in [5.74, 6) is 6.38. The average molecular weight is 253 g/mol. The van der Waals surface area contributed by atoms with Gasteiger partial charge in [-0.25, -0.2) is 0 Å². The van der Waals surface area contributed by atoms with E-state index in [9.17, 15) is 0 Å². The third-order valence-corrected chi connectivity index (χ3v) is 3.20. The van der Waals surface area contributed by atoms with Gasteiger partial charge in [0.2, 0.25) is 0 Å². The van der Waals surface area contributed by atoms with Gasteiger partial charge in [-0.1, -0.05) is 0 Å². The highest BCUT2D eigenvalue weighted by molar-refractivity contribution is 5.32. The van der Waals surface area contributed by atoms with Gasteiger partial charge in [-0.15, -0.1) is 0 Å². The molecule has 0 aromatic carbocycles. The predicted octanol–water partition coefficient (Wildman–Crippen LogP) is 1.80. The summed E-state index contributed by atoms with van der Waals surface area (Å²) in [6.07, 6.45) is 5.19. The first-order chi connectivity index (χ1) is 8.54. The monoisotopic (exact) mass is 253 g/mol. The Morgan fingerprint density at radius 2 is 2.17 bits per heavy atom. The topological polar surface area (TPSA) is 69.4 Å². The number of hydrogen-bond donors (Lipinski definition) is 2. The second kappa shape index (κ2) is 6.68. The van der Waals surface area contributed by atoms with E-state index in [0.717, 1.165) is 24.2 Å². The third kappa shape index (κ3) is 3.94. The van der Waals surface area contributed by atoms with Gasteiger partial charge in [0, 0.05) is 24.9 Å². The van der Waals surface area contributed by atoms with E-state index in [4.69, 9.17) is 15.3 Å². The summed E-state index contributed by atoms with van der Waals surface area (Å²) in [6.45, 7) is 4.12. The molecular formula is C13H23N3O2. The molecule has 102 valence electrons. The van der Waals surface area contributed by atoms with Crippen LogP contribution in [0.3, 0.4) is 0 Å². The Hall–Kier alpha value is -1.17. The number of hydrazine groups is 1. The Morgan fingerprint density at radius 1 is 1.44 bits per heavy atom. The van der Waals surface area contributed by atoms with Crippen molar-refractivity contribution >= 4 is 0 Å². The zero-order valence-electron chi connectivity index (χ0n) is 11.6. The lowest BCUT2D eigenvalue weighted by atomic mass is 9.95. The summed E-state index contributed by atoms with van der Waals surface area (Å²) < 4.78 is 10.7. The van der Waals surface area contributed by atoms with E-state index >= 15 is 0 Å². The fraction of sp³-hybridized carbons (Fsp3) is 0.615. The molecule has 0 aliphatic carbocycles. The van der Waals surface area contributed by atoms with Gasteiger partial charge < -0.3 is 9.47 Å². The summed E-state index contributed by atoms with van der Waals surface area (Å²) >= 11 is 0. The molecule has 0 bridgehead atoms. The highest BCUT2D eigenvalue weighted by Gasteiger charge is 2.21. The first-order valence-corrected chi connectivity index (χ1v) is 6.03. The van der Waals surface area contributed by atoms with Gasteiger partial charge in [-0.3, -0.25) is 16.3 Å². The molecule has 1 rings (SSSR count). The number of rotatable bonds is 7. The van der Waals surface area contributed by atoms with Crippen molar-refractivity contribution in [2.75, 3.05) is 14.2 Å². The van der Waals surface area contributed by atoms with Crippen LogP contribution in [0, 0.1) is 0 Å². The second-order valence-corrected chi connectivity index (χ2v) is 4.84. The fourth-order valence-corrected chi connectivity index (χ4v) is 1.77. The molecule has 1 aromatic heterocycles. The van der Waals surface area contributed by atoms with Gasteiger partial charge in [0.15, 0.2) is 0 Å². The second-order valence-electron chi connectivity index (χ2n) is 4.84. The summed E-state index contributed by atoms with van der Waals surface area (Å²) in [6, 6.07) is 1.95. The lowest BCUT2D eigenvalue weighted by Crippen LogP contribution is -2.31. The highest BCUT2D eigenvalue weighted by atomic mass is 16.5. The van der Waals surface area contributed by atoms with E-state index < -0.39 is 0 Å². The Bertz CT molecular complexity index is 369. The van der Waals surface area contributed by atoms with E-state index in [1.807, 2.05) is 6.07 Å². The van der Waals surface area contributed by atoms with E-state index in [-0.39, 0.29) is 11.6 Å². The van der Waals surface area contributed by atoms with Crippen LogP contribution in [-0.2, 0) is 4.74 Å². The molecule has 0 spiro atoms. The van der Waals surface area contributed by atoms with Crippen molar-refractivity contribution in [3.63, 3.8) is 0 Å². The summed E-state index contributed by atoms with van der Waals surface area (Å²) in [5.41, 5.74) is 3.68. The van der Waals surface area contributed by atoms with Gasteiger partial charge in [-0.2, -0.15) is 0 Å². The number of methoxy groups -OCH3 is 2. The van der Waals surface area contributed by atoms with Crippen LogP contribution in [0.1, 0.15) is 38.3 Å². The molecule has 0 amide bonds.